The molecule has 6 N–H and O–H groups in total. The zero-order chi connectivity index (χ0) is 43.3. The van der Waals surface area contributed by atoms with Crippen LogP contribution in [0.25, 0.3) is 0 Å². The highest BCUT2D eigenvalue weighted by atomic mass is 31.2. The number of hydrogen-bond acceptors (Lipinski definition) is 7. The number of nitrogens with two attached hydrogens (primary N) is 1. The van der Waals surface area contributed by atoms with Crippen molar-refractivity contribution in [3.05, 3.63) is 12.2 Å². The van der Waals surface area contributed by atoms with Crippen molar-refractivity contribution >= 4 is 13.7 Å². The number of phosphoric acid groups is 1. The van der Waals surface area contributed by atoms with Crippen molar-refractivity contribution in [2.75, 3.05) is 19.8 Å². The van der Waals surface area contributed by atoms with Gasteiger partial charge in [0.1, 0.15) is 0 Å². The molecular weight excluding hydrogens is 760 g/mol. The number of rotatable bonds is 48. The Labute approximate surface area is 365 Å². The molecule has 0 radical (unpaired) electrons. The summed E-state index contributed by atoms with van der Waals surface area (Å²) in [4.78, 5) is 22.9. The first-order chi connectivity index (χ1) is 28.8. The molecule has 59 heavy (non-hydrogen) atoms. The van der Waals surface area contributed by atoms with Crippen LogP contribution < -0.4 is 11.1 Å². The van der Waals surface area contributed by atoms with Crippen LogP contribution in [0.1, 0.15) is 258 Å². The van der Waals surface area contributed by atoms with E-state index in [4.69, 9.17) is 14.8 Å². The fraction of sp³-hybridized carbons (Fsp3) is 0.939. The fourth-order valence-corrected chi connectivity index (χ4v) is 8.58. The predicted octanol–water partition coefficient (Wildman–Crippen LogP) is 13.7. The van der Waals surface area contributed by atoms with Crippen LogP contribution in [0.5, 0.6) is 0 Å². The Morgan fingerprint density at radius 3 is 1.32 bits per heavy atom. The third-order valence-electron chi connectivity index (χ3n) is 11.7. The number of aliphatic hydroxyl groups is 2. The minimum absolute atomic E-state index is 0.0597. The van der Waals surface area contributed by atoms with Crippen LogP contribution in [-0.2, 0) is 18.4 Å². The molecule has 0 aliphatic rings. The summed E-state index contributed by atoms with van der Waals surface area (Å²) in [5, 5.41) is 24.3. The van der Waals surface area contributed by atoms with E-state index < -0.39 is 32.0 Å². The van der Waals surface area contributed by atoms with Gasteiger partial charge in [-0.2, -0.15) is 0 Å². The number of phosphoric ester groups is 1. The van der Waals surface area contributed by atoms with Gasteiger partial charge in [0.25, 0.3) is 0 Å². The van der Waals surface area contributed by atoms with Crippen molar-refractivity contribution in [2.24, 2.45) is 5.73 Å². The molecule has 0 saturated carbocycles. The molecule has 0 fully saturated rings. The Balaban J connectivity index is 4.15. The van der Waals surface area contributed by atoms with Gasteiger partial charge in [-0.15, -0.1) is 0 Å². The van der Waals surface area contributed by atoms with Gasteiger partial charge in [-0.05, 0) is 38.5 Å². The van der Waals surface area contributed by atoms with Gasteiger partial charge in [0.05, 0.1) is 37.9 Å². The lowest BCUT2D eigenvalue weighted by Gasteiger charge is -2.25. The van der Waals surface area contributed by atoms with Gasteiger partial charge < -0.3 is 26.2 Å². The van der Waals surface area contributed by atoms with Crippen molar-refractivity contribution < 1.29 is 33.5 Å². The second-order valence-corrected chi connectivity index (χ2v) is 19.0. The minimum atomic E-state index is -4.38. The molecule has 0 aliphatic carbocycles. The molecule has 4 unspecified atom stereocenters. The van der Waals surface area contributed by atoms with Gasteiger partial charge in [0.2, 0.25) is 5.91 Å². The van der Waals surface area contributed by atoms with E-state index in [-0.39, 0.29) is 26.2 Å². The van der Waals surface area contributed by atoms with Gasteiger partial charge >= 0.3 is 7.82 Å². The number of aliphatic hydroxyl groups excluding tert-OH is 2. The molecule has 1 amide bonds. The summed E-state index contributed by atoms with van der Waals surface area (Å²) < 4.78 is 22.2. The molecule has 352 valence electrons. The zero-order valence-electron chi connectivity index (χ0n) is 38.9. The van der Waals surface area contributed by atoms with Crippen molar-refractivity contribution in [1.82, 2.24) is 5.32 Å². The van der Waals surface area contributed by atoms with Crippen LogP contribution in [0.2, 0.25) is 0 Å². The number of amides is 1. The molecule has 0 rings (SSSR count). The van der Waals surface area contributed by atoms with Gasteiger partial charge in [-0.1, -0.05) is 225 Å². The largest absolute Gasteiger partial charge is 0.472 e. The first-order valence-corrected chi connectivity index (χ1v) is 26.9. The highest BCUT2D eigenvalue weighted by molar-refractivity contribution is 7.47. The number of nitrogens with one attached hydrogen (secondary N) is 1. The van der Waals surface area contributed by atoms with E-state index in [0.29, 0.717) is 12.8 Å². The van der Waals surface area contributed by atoms with Gasteiger partial charge in [-0.3, -0.25) is 13.8 Å². The van der Waals surface area contributed by atoms with E-state index in [0.717, 1.165) is 51.4 Å². The van der Waals surface area contributed by atoms with Gasteiger partial charge in [-0.25, -0.2) is 4.57 Å². The zero-order valence-corrected chi connectivity index (χ0v) is 39.8. The van der Waals surface area contributed by atoms with Crippen LogP contribution in [0, 0.1) is 0 Å². The molecule has 0 aromatic rings. The topological polar surface area (TPSA) is 151 Å². The summed E-state index contributed by atoms with van der Waals surface area (Å²) in [6.07, 6.45) is 48.3. The van der Waals surface area contributed by atoms with E-state index >= 15 is 0 Å². The Kier molecular flexibility index (Phi) is 44.6. The second kappa shape index (κ2) is 45.2. The molecule has 0 heterocycles. The smallest absolute Gasteiger partial charge is 0.393 e. The van der Waals surface area contributed by atoms with Crippen LogP contribution in [0.15, 0.2) is 12.2 Å². The molecule has 0 saturated heterocycles. The number of carbonyl (C=O) groups is 1. The molecule has 4 atom stereocenters. The molecule has 0 bridgehead atoms. The Bertz CT molecular complexity index is 955. The molecule has 10 heteroatoms. The Morgan fingerprint density at radius 2 is 0.915 bits per heavy atom. The van der Waals surface area contributed by atoms with Crippen molar-refractivity contribution in [1.29, 1.82) is 0 Å². The Hall–Kier alpha value is -0.800. The third kappa shape index (κ3) is 43.6. The van der Waals surface area contributed by atoms with E-state index in [2.05, 4.69) is 31.3 Å². The van der Waals surface area contributed by atoms with Crippen LogP contribution in [-0.4, -0.2) is 59.0 Å². The second-order valence-electron chi connectivity index (χ2n) is 17.6. The first-order valence-electron chi connectivity index (χ1n) is 25.4. The minimum Gasteiger partial charge on any atom is -0.393 e. The normalized spacial score (nSPS) is 14.5. The molecule has 0 aromatic heterocycles. The van der Waals surface area contributed by atoms with Crippen LogP contribution in [0.3, 0.4) is 0 Å². The van der Waals surface area contributed by atoms with Crippen molar-refractivity contribution in [3.63, 3.8) is 0 Å². The summed E-state index contributed by atoms with van der Waals surface area (Å²) in [7, 11) is -4.38. The van der Waals surface area contributed by atoms with E-state index in [9.17, 15) is 24.5 Å². The molecule has 0 aromatic carbocycles. The summed E-state index contributed by atoms with van der Waals surface area (Å²) >= 11 is 0. The summed E-state index contributed by atoms with van der Waals surface area (Å²) in [6.45, 7) is 4.08. The molecule has 0 aliphatic heterocycles. The van der Waals surface area contributed by atoms with E-state index in [1.165, 1.54) is 173 Å². The number of carbonyl (C=O) groups excluding carboxylic acids is 1. The van der Waals surface area contributed by atoms with E-state index in [1.54, 1.807) is 0 Å². The summed E-state index contributed by atoms with van der Waals surface area (Å²) in [6, 6.07) is -0.899. The first kappa shape index (κ1) is 58.2. The van der Waals surface area contributed by atoms with Crippen LogP contribution >= 0.6 is 7.82 Å². The molecule has 0 spiro atoms. The Morgan fingerprint density at radius 1 is 0.559 bits per heavy atom. The van der Waals surface area contributed by atoms with Gasteiger partial charge in [0, 0.05) is 6.54 Å². The summed E-state index contributed by atoms with van der Waals surface area (Å²) in [5.74, 6) is -0.418. The molecular formula is C49H99N2O7P. The monoisotopic (exact) mass is 859 g/mol. The van der Waals surface area contributed by atoms with Crippen LogP contribution in [0.4, 0.5) is 0 Å². The maximum absolute atomic E-state index is 12.9. The van der Waals surface area contributed by atoms with Gasteiger partial charge in [0.15, 0.2) is 0 Å². The average molecular weight is 859 g/mol. The standard InChI is InChI=1S/C49H99N2O7P/c1-3-5-7-9-11-13-15-17-19-21-22-23-24-25-27-29-31-33-35-37-39-41-48(53)47(45-58-59(55,56)57-43-42-50)51-49(54)44-46(52)40-38-36-34-32-30-28-26-20-18-16-14-12-10-8-6-4-2/h28,30,46-48,52-53H,3-27,29,31-45,50H2,1-2H3,(H,51,54)(H,55,56)/b30-28-. The quantitative estimate of drug-likeness (QED) is 0.0230. The van der Waals surface area contributed by atoms with Crippen molar-refractivity contribution in [3.8, 4) is 0 Å². The average Bonchev–Trinajstić information content (AvgIpc) is 3.21. The van der Waals surface area contributed by atoms with E-state index in [1.807, 2.05) is 0 Å². The molecule has 9 nitrogen and oxygen atoms in total. The SMILES string of the molecule is CCCCCCCCCCC/C=C\CCCCCC(O)CC(=O)NC(COP(=O)(O)OCCN)C(O)CCCCCCCCCCCCCCCCCCCCCCC. The number of unbranched alkanes of at least 4 members (excludes halogenated alkanes) is 32. The number of allylic oxidation sites excluding steroid dienone is 2. The lowest BCUT2D eigenvalue weighted by atomic mass is 10.0. The summed E-state index contributed by atoms with van der Waals surface area (Å²) in [5.41, 5.74) is 5.39. The third-order valence-corrected chi connectivity index (χ3v) is 12.7. The maximum Gasteiger partial charge on any atom is 0.472 e. The predicted molar refractivity (Wildman–Crippen MR) is 251 cm³/mol. The fourth-order valence-electron chi connectivity index (χ4n) is 7.82. The maximum atomic E-state index is 12.9. The van der Waals surface area contributed by atoms with Crippen molar-refractivity contribution in [2.45, 2.75) is 276 Å². The lowest BCUT2D eigenvalue weighted by molar-refractivity contribution is -0.125. The lowest BCUT2D eigenvalue weighted by Crippen LogP contribution is -2.47. The highest BCUT2D eigenvalue weighted by Crippen LogP contribution is 2.43. The number of hydrogen-bond donors (Lipinski definition) is 5. The highest BCUT2D eigenvalue weighted by Gasteiger charge is 2.28.